The van der Waals surface area contributed by atoms with Crippen LogP contribution in [0.25, 0.3) is 22.3 Å². The topological polar surface area (TPSA) is 102 Å². The van der Waals surface area contributed by atoms with Gasteiger partial charge in [0.05, 0.1) is 11.4 Å². The van der Waals surface area contributed by atoms with E-state index in [1.54, 1.807) is 0 Å². The lowest BCUT2D eigenvalue weighted by molar-refractivity contribution is -0.137. The second-order valence-corrected chi connectivity index (χ2v) is 10.3. The molecule has 0 saturated carbocycles. The summed E-state index contributed by atoms with van der Waals surface area (Å²) in [6.07, 6.45) is 4.15. The van der Waals surface area contributed by atoms with Crippen LogP contribution >= 0.6 is 0 Å². The fourth-order valence-corrected chi connectivity index (χ4v) is 5.00. The second kappa shape index (κ2) is 11.2. The standard InChI is InChI=1S/C29H35N7O2/c1-20(15-17-34(2)3)29(37)35-16-7-8-22(18-35)36-28-25(27(30)31-19-32-28)26(33-36)21-11-13-24(14-12-21)38-23-9-5-4-6-10-23/h4-6,9-14,19-20,22H,7-8,15-18H2,1-3H3,(H2,30,31,32). The smallest absolute Gasteiger partial charge is 0.225 e. The van der Waals surface area contributed by atoms with Gasteiger partial charge in [0.1, 0.15) is 29.3 Å². The Kier molecular flexibility index (Phi) is 7.55. The molecular weight excluding hydrogens is 478 g/mol. The van der Waals surface area contributed by atoms with Crippen LogP contribution in [0, 0.1) is 5.92 Å². The number of carbonyl (C=O) groups is 1. The van der Waals surface area contributed by atoms with Crippen LogP contribution < -0.4 is 10.5 Å². The molecule has 0 spiro atoms. The Morgan fingerprint density at radius 2 is 1.84 bits per heavy atom. The van der Waals surface area contributed by atoms with Gasteiger partial charge in [-0.05, 0) is 76.3 Å². The van der Waals surface area contributed by atoms with Gasteiger partial charge in [-0.2, -0.15) is 5.10 Å². The number of nitrogens with zero attached hydrogens (tertiary/aromatic N) is 6. The Labute approximate surface area is 223 Å². The number of amides is 1. The molecule has 5 rings (SSSR count). The summed E-state index contributed by atoms with van der Waals surface area (Å²) >= 11 is 0. The highest BCUT2D eigenvalue weighted by molar-refractivity contribution is 5.98. The molecule has 2 unspecified atom stereocenters. The van der Waals surface area contributed by atoms with Crippen molar-refractivity contribution in [2.45, 2.75) is 32.2 Å². The summed E-state index contributed by atoms with van der Waals surface area (Å²) in [7, 11) is 4.07. The van der Waals surface area contributed by atoms with Crippen LogP contribution in [0.3, 0.4) is 0 Å². The number of rotatable bonds is 8. The number of benzene rings is 2. The fourth-order valence-electron chi connectivity index (χ4n) is 5.00. The Hall–Kier alpha value is -3.98. The molecule has 1 fully saturated rings. The molecule has 4 aromatic rings. The average molecular weight is 514 g/mol. The molecule has 2 aromatic carbocycles. The SMILES string of the molecule is CC(CCN(C)C)C(=O)N1CCCC(n2nc(-c3ccc(Oc4ccccc4)cc3)c3c(N)ncnc32)C1. The van der Waals surface area contributed by atoms with Crippen molar-refractivity contribution >= 4 is 22.8 Å². The van der Waals surface area contributed by atoms with Crippen LogP contribution in [0.15, 0.2) is 60.9 Å². The molecule has 1 amide bonds. The van der Waals surface area contributed by atoms with E-state index in [0.29, 0.717) is 18.0 Å². The maximum absolute atomic E-state index is 13.2. The molecule has 38 heavy (non-hydrogen) atoms. The van der Waals surface area contributed by atoms with Crippen molar-refractivity contribution in [1.82, 2.24) is 29.5 Å². The summed E-state index contributed by atoms with van der Waals surface area (Å²) < 4.78 is 7.89. The minimum Gasteiger partial charge on any atom is -0.457 e. The highest BCUT2D eigenvalue weighted by Crippen LogP contribution is 2.35. The van der Waals surface area contributed by atoms with E-state index in [2.05, 4.69) is 14.9 Å². The van der Waals surface area contributed by atoms with Crippen LogP contribution in [0.4, 0.5) is 5.82 Å². The highest BCUT2D eigenvalue weighted by atomic mass is 16.5. The van der Waals surface area contributed by atoms with E-state index >= 15 is 0 Å². The van der Waals surface area contributed by atoms with Gasteiger partial charge in [-0.15, -0.1) is 0 Å². The van der Waals surface area contributed by atoms with Crippen molar-refractivity contribution in [1.29, 1.82) is 0 Å². The van der Waals surface area contributed by atoms with Crippen molar-refractivity contribution < 1.29 is 9.53 Å². The Bertz CT molecular complexity index is 1390. The third-order valence-electron chi connectivity index (χ3n) is 7.11. The molecule has 0 radical (unpaired) electrons. The van der Waals surface area contributed by atoms with Crippen molar-refractivity contribution in [3.05, 3.63) is 60.9 Å². The number of nitrogens with two attached hydrogens (primary N) is 1. The third-order valence-corrected chi connectivity index (χ3v) is 7.11. The highest BCUT2D eigenvalue weighted by Gasteiger charge is 2.30. The molecule has 1 aliphatic heterocycles. The van der Waals surface area contributed by atoms with Crippen molar-refractivity contribution in [2.24, 2.45) is 5.92 Å². The van der Waals surface area contributed by atoms with Crippen LogP contribution in [0.1, 0.15) is 32.2 Å². The Morgan fingerprint density at radius 1 is 1.11 bits per heavy atom. The average Bonchev–Trinajstić information content (AvgIpc) is 3.33. The zero-order valence-corrected chi connectivity index (χ0v) is 22.2. The predicted octanol–water partition coefficient (Wildman–Crippen LogP) is 4.62. The number of nitrogen functional groups attached to an aromatic ring is 1. The van der Waals surface area contributed by atoms with Crippen LogP contribution in [0.5, 0.6) is 11.5 Å². The molecule has 0 bridgehead atoms. The third kappa shape index (κ3) is 5.47. The zero-order valence-electron chi connectivity index (χ0n) is 22.2. The summed E-state index contributed by atoms with van der Waals surface area (Å²) in [5.41, 5.74) is 8.66. The number of fused-ring (bicyclic) bond motifs is 1. The number of hydrogen-bond donors (Lipinski definition) is 1. The van der Waals surface area contributed by atoms with Crippen molar-refractivity contribution in [2.75, 3.05) is 39.5 Å². The first kappa shape index (κ1) is 25.7. The maximum atomic E-state index is 13.2. The Morgan fingerprint density at radius 3 is 2.58 bits per heavy atom. The lowest BCUT2D eigenvalue weighted by Crippen LogP contribution is -2.43. The first-order chi connectivity index (χ1) is 18.4. The van der Waals surface area contributed by atoms with E-state index in [4.69, 9.17) is 15.6 Å². The van der Waals surface area contributed by atoms with Gasteiger partial charge in [0.2, 0.25) is 5.91 Å². The first-order valence-corrected chi connectivity index (χ1v) is 13.2. The number of likely N-dealkylation sites (tertiary alicyclic amines) is 1. The van der Waals surface area contributed by atoms with Gasteiger partial charge < -0.3 is 20.3 Å². The second-order valence-electron chi connectivity index (χ2n) is 10.3. The normalized spacial score (nSPS) is 16.6. The number of ether oxygens (including phenoxy) is 1. The first-order valence-electron chi connectivity index (χ1n) is 13.2. The van der Waals surface area contributed by atoms with E-state index < -0.39 is 0 Å². The lowest BCUT2D eigenvalue weighted by Gasteiger charge is -2.34. The van der Waals surface area contributed by atoms with Gasteiger partial charge in [0.15, 0.2) is 5.65 Å². The maximum Gasteiger partial charge on any atom is 0.225 e. The minimum absolute atomic E-state index is 0.0139. The number of carbonyl (C=O) groups excluding carboxylic acids is 1. The molecule has 198 valence electrons. The number of anilines is 1. The molecule has 1 aliphatic rings. The monoisotopic (exact) mass is 513 g/mol. The summed E-state index contributed by atoms with van der Waals surface area (Å²) in [5.74, 6) is 2.09. The van der Waals surface area contributed by atoms with Gasteiger partial charge in [0.25, 0.3) is 0 Å². The number of aromatic nitrogens is 4. The summed E-state index contributed by atoms with van der Waals surface area (Å²) in [4.78, 5) is 26.1. The molecule has 2 aromatic heterocycles. The quantitative estimate of drug-likeness (QED) is 0.367. The van der Waals surface area contributed by atoms with Crippen LogP contribution in [-0.4, -0.2) is 69.2 Å². The van der Waals surface area contributed by atoms with Crippen LogP contribution in [-0.2, 0) is 4.79 Å². The van der Waals surface area contributed by atoms with Crippen LogP contribution in [0.2, 0.25) is 0 Å². The number of hydrogen-bond acceptors (Lipinski definition) is 7. The molecule has 2 N–H and O–H groups in total. The van der Waals surface area contributed by atoms with E-state index in [-0.39, 0.29) is 17.9 Å². The zero-order chi connectivity index (χ0) is 26.6. The molecule has 2 atom stereocenters. The van der Waals surface area contributed by atoms with Gasteiger partial charge in [-0.3, -0.25) is 4.79 Å². The largest absolute Gasteiger partial charge is 0.457 e. The van der Waals surface area contributed by atoms with Crippen molar-refractivity contribution in [3.63, 3.8) is 0 Å². The number of para-hydroxylation sites is 1. The minimum atomic E-state index is -0.0179. The van der Waals surface area contributed by atoms with Gasteiger partial charge >= 0.3 is 0 Å². The van der Waals surface area contributed by atoms with E-state index in [9.17, 15) is 4.79 Å². The summed E-state index contributed by atoms with van der Waals surface area (Å²) in [6, 6.07) is 17.5. The molecule has 3 heterocycles. The molecular formula is C29H35N7O2. The summed E-state index contributed by atoms with van der Waals surface area (Å²) in [5, 5.41) is 5.73. The molecule has 9 nitrogen and oxygen atoms in total. The Balaban J connectivity index is 1.41. The summed E-state index contributed by atoms with van der Waals surface area (Å²) in [6.45, 7) is 4.29. The number of piperidine rings is 1. The van der Waals surface area contributed by atoms with E-state index in [1.165, 1.54) is 6.33 Å². The van der Waals surface area contributed by atoms with E-state index in [1.807, 2.05) is 85.2 Å². The van der Waals surface area contributed by atoms with E-state index in [0.717, 1.165) is 60.5 Å². The van der Waals surface area contributed by atoms with Gasteiger partial charge in [-0.25, -0.2) is 14.6 Å². The fraction of sp³-hybridized carbons (Fsp3) is 0.379. The molecule has 9 heteroatoms. The van der Waals surface area contributed by atoms with Gasteiger partial charge in [0, 0.05) is 24.6 Å². The van der Waals surface area contributed by atoms with Gasteiger partial charge in [-0.1, -0.05) is 25.1 Å². The molecule has 0 aliphatic carbocycles. The van der Waals surface area contributed by atoms with Crippen molar-refractivity contribution in [3.8, 4) is 22.8 Å². The molecule has 1 saturated heterocycles. The lowest BCUT2D eigenvalue weighted by atomic mass is 10.0. The predicted molar refractivity (Wildman–Crippen MR) is 149 cm³/mol.